The van der Waals surface area contributed by atoms with Crippen molar-refractivity contribution in [2.75, 3.05) is 20.2 Å². The van der Waals surface area contributed by atoms with E-state index in [0.29, 0.717) is 19.0 Å². The number of guanidine groups is 1. The van der Waals surface area contributed by atoms with Crippen molar-refractivity contribution >= 4 is 17.3 Å². The second-order valence-corrected chi connectivity index (χ2v) is 6.36. The maximum absolute atomic E-state index is 12.5. The van der Waals surface area contributed by atoms with Crippen molar-refractivity contribution in [3.63, 3.8) is 0 Å². The number of thiazole rings is 1. The molecule has 0 atom stereocenters. The van der Waals surface area contributed by atoms with Gasteiger partial charge in [0.05, 0.1) is 18.7 Å². The van der Waals surface area contributed by atoms with Crippen LogP contribution in [0.15, 0.2) is 29.5 Å². The molecule has 6 nitrogen and oxygen atoms in total. The third-order valence-electron chi connectivity index (χ3n) is 3.29. The smallest absolute Gasteiger partial charge is 0.417 e. The van der Waals surface area contributed by atoms with Gasteiger partial charge in [-0.05, 0) is 12.5 Å². The molecule has 0 bridgehead atoms. The molecule has 2 heterocycles. The van der Waals surface area contributed by atoms with Crippen molar-refractivity contribution in [2.45, 2.75) is 26.1 Å². The van der Waals surface area contributed by atoms with E-state index in [-0.39, 0.29) is 12.5 Å². The van der Waals surface area contributed by atoms with Gasteiger partial charge in [-0.3, -0.25) is 4.99 Å². The second-order valence-electron chi connectivity index (χ2n) is 5.16. The quantitative estimate of drug-likeness (QED) is 0.434. The monoisotopic (exact) mass is 387 g/mol. The van der Waals surface area contributed by atoms with Crippen LogP contribution in [0, 0.1) is 0 Å². The normalized spacial score (nSPS) is 12.1. The number of aliphatic imine (C=N–C) groups is 1. The summed E-state index contributed by atoms with van der Waals surface area (Å²) in [6, 6.07) is 2.14. The zero-order chi connectivity index (χ0) is 19.0. The summed E-state index contributed by atoms with van der Waals surface area (Å²) in [5.41, 5.74) is -0.805. The number of nitrogens with zero attached hydrogens (tertiary/aromatic N) is 3. The molecule has 0 aliphatic rings. The zero-order valence-corrected chi connectivity index (χ0v) is 15.2. The summed E-state index contributed by atoms with van der Waals surface area (Å²) in [5, 5.41) is 7.15. The highest BCUT2D eigenvalue weighted by atomic mass is 32.1. The largest absolute Gasteiger partial charge is 0.476 e. The van der Waals surface area contributed by atoms with Crippen LogP contribution in [0.2, 0.25) is 0 Å². The highest BCUT2D eigenvalue weighted by Crippen LogP contribution is 2.29. The van der Waals surface area contributed by atoms with Gasteiger partial charge < -0.3 is 15.4 Å². The molecule has 0 unspecified atom stereocenters. The molecule has 2 aromatic rings. The molecule has 0 aliphatic heterocycles. The standard InChI is InChI=1S/C16H20F3N5OS/c1-3-12-9-23-14(26-12)10-24-15(20-2)21-6-7-25-13-5-4-11(8-22-13)16(17,18)19/h4-5,8-9H,3,6-7,10H2,1-2H3,(H2,20,21,24). The highest BCUT2D eigenvalue weighted by Gasteiger charge is 2.30. The lowest BCUT2D eigenvalue weighted by molar-refractivity contribution is -0.137. The van der Waals surface area contributed by atoms with Gasteiger partial charge in [-0.25, -0.2) is 9.97 Å². The van der Waals surface area contributed by atoms with E-state index in [1.165, 1.54) is 10.9 Å². The Labute approximate surface area is 153 Å². The van der Waals surface area contributed by atoms with Gasteiger partial charge in [0.2, 0.25) is 5.88 Å². The Balaban J connectivity index is 1.70. The molecule has 0 saturated carbocycles. The van der Waals surface area contributed by atoms with Gasteiger partial charge in [0.25, 0.3) is 0 Å². The third kappa shape index (κ3) is 6.17. The molecule has 26 heavy (non-hydrogen) atoms. The maximum atomic E-state index is 12.5. The number of halogens is 3. The first kappa shape index (κ1) is 20.0. The molecule has 2 aromatic heterocycles. The summed E-state index contributed by atoms with van der Waals surface area (Å²) in [6.07, 6.45) is -0.828. The van der Waals surface area contributed by atoms with Gasteiger partial charge in [0.15, 0.2) is 5.96 Å². The molecule has 0 aromatic carbocycles. The molecule has 0 radical (unpaired) electrons. The SMILES string of the molecule is CCc1cnc(CNC(=NC)NCCOc2ccc(C(F)(F)F)cn2)s1. The lowest BCUT2D eigenvalue weighted by Gasteiger charge is -2.12. The number of nitrogens with one attached hydrogen (secondary N) is 2. The van der Waals surface area contributed by atoms with Crippen molar-refractivity contribution in [2.24, 2.45) is 4.99 Å². The summed E-state index contributed by atoms with van der Waals surface area (Å²) in [4.78, 5) is 13.3. The molecular formula is C16H20F3N5OS. The van der Waals surface area contributed by atoms with Crippen LogP contribution in [0.4, 0.5) is 13.2 Å². The van der Waals surface area contributed by atoms with E-state index >= 15 is 0 Å². The van der Waals surface area contributed by atoms with Crippen LogP contribution in [0.3, 0.4) is 0 Å². The van der Waals surface area contributed by atoms with Crippen molar-refractivity contribution in [1.29, 1.82) is 0 Å². The van der Waals surface area contributed by atoms with Gasteiger partial charge in [-0.1, -0.05) is 6.92 Å². The van der Waals surface area contributed by atoms with Gasteiger partial charge in [0, 0.05) is 30.4 Å². The molecular weight excluding hydrogens is 367 g/mol. The molecule has 0 spiro atoms. The Kier molecular flexibility index (Phi) is 7.19. The van der Waals surface area contributed by atoms with E-state index in [4.69, 9.17) is 4.74 Å². The van der Waals surface area contributed by atoms with Crippen LogP contribution in [0.5, 0.6) is 5.88 Å². The fourth-order valence-electron chi connectivity index (χ4n) is 1.93. The maximum Gasteiger partial charge on any atom is 0.417 e. The molecule has 10 heteroatoms. The average molecular weight is 387 g/mol. The predicted molar refractivity (Wildman–Crippen MR) is 94.4 cm³/mol. The number of ether oxygens (including phenoxy) is 1. The molecule has 0 saturated heterocycles. The first-order valence-electron chi connectivity index (χ1n) is 7.96. The Morgan fingerprint density at radius 2 is 2.04 bits per heavy atom. The minimum Gasteiger partial charge on any atom is -0.476 e. The molecule has 2 rings (SSSR count). The van der Waals surface area contributed by atoms with Crippen molar-refractivity contribution in [3.05, 3.63) is 40.0 Å². The van der Waals surface area contributed by atoms with Crippen LogP contribution in [-0.2, 0) is 19.1 Å². The lowest BCUT2D eigenvalue weighted by atomic mass is 10.3. The van der Waals surface area contributed by atoms with Crippen molar-refractivity contribution < 1.29 is 17.9 Å². The number of alkyl halides is 3. The minimum absolute atomic E-state index is 0.137. The number of rotatable bonds is 7. The molecule has 0 fully saturated rings. The third-order valence-corrected chi connectivity index (χ3v) is 4.43. The summed E-state index contributed by atoms with van der Waals surface area (Å²) in [7, 11) is 1.65. The Morgan fingerprint density at radius 1 is 1.23 bits per heavy atom. The summed E-state index contributed by atoms with van der Waals surface area (Å²) in [5.74, 6) is 0.722. The molecule has 0 amide bonds. The number of hydrogen-bond donors (Lipinski definition) is 2. The number of aromatic nitrogens is 2. The first-order valence-corrected chi connectivity index (χ1v) is 8.78. The second kappa shape index (κ2) is 9.37. The average Bonchev–Trinajstić information content (AvgIpc) is 3.09. The van der Waals surface area contributed by atoms with Crippen LogP contribution in [-0.4, -0.2) is 36.1 Å². The van der Waals surface area contributed by atoms with Crippen molar-refractivity contribution in [1.82, 2.24) is 20.6 Å². The Bertz CT molecular complexity index is 715. The highest BCUT2D eigenvalue weighted by molar-refractivity contribution is 7.11. The van der Waals surface area contributed by atoms with Gasteiger partial charge >= 0.3 is 6.18 Å². The fourth-order valence-corrected chi connectivity index (χ4v) is 2.73. The van der Waals surface area contributed by atoms with Crippen molar-refractivity contribution in [3.8, 4) is 5.88 Å². The van der Waals surface area contributed by atoms with Crippen LogP contribution >= 0.6 is 11.3 Å². The topological polar surface area (TPSA) is 71.4 Å². The summed E-state index contributed by atoms with van der Waals surface area (Å²) in [6.45, 7) is 3.29. The van der Waals surface area contributed by atoms with Gasteiger partial charge in [-0.2, -0.15) is 13.2 Å². The van der Waals surface area contributed by atoms with E-state index < -0.39 is 11.7 Å². The van der Waals surface area contributed by atoms with Gasteiger partial charge in [0.1, 0.15) is 11.6 Å². The number of pyridine rings is 1. The molecule has 142 valence electrons. The number of hydrogen-bond acceptors (Lipinski definition) is 5. The van der Waals surface area contributed by atoms with E-state index in [9.17, 15) is 13.2 Å². The number of aryl methyl sites for hydroxylation is 1. The predicted octanol–water partition coefficient (Wildman–Crippen LogP) is 2.86. The summed E-state index contributed by atoms with van der Waals surface area (Å²) < 4.78 is 42.7. The van der Waals surface area contributed by atoms with E-state index in [1.807, 2.05) is 6.20 Å². The van der Waals surface area contributed by atoms with Gasteiger partial charge in [-0.15, -0.1) is 11.3 Å². The lowest BCUT2D eigenvalue weighted by Crippen LogP contribution is -2.38. The van der Waals surface area contributed by atoms with Crippen LogP contribution in [0.1, 0.15) is 22.4 Å². The van der Waals surface area contributed by atoms with E-state index in [1.54, 1.807) is 18.4 Å². The molecule has 0 aliphatic carbocycles. The Morgan fingerprint density at radius 3 is 2.62 bits per heavy atom. The summed E-state index contributed by atoms with van der Waals surface area (Å²) >= 11 is 1.64. The van der Waals surface area contributed by atoms with Crippen LogP contribution < -0.4 is 15.4 Å². The zero-order valence-electron chi connectivity index (χ0n) is 14.4. The molecule has 2 N–H and O–H groups in total. The Hall–Kier alpha value is -2.36. The van der Waals surface area contributed by atoms with E-state index in [0.717, 1.165) is 23.7 Å². The van der Waals surface area contributed by atoms with Crippen LogP contribution in [0.25, 0.3) is 0 Å². The van der Waals surface area contributed by atoms with E-state index in [2.05, 4.69) is 32.5 Å². The minimum atomic E-state index is -4.40. The first-order chi connectivity index (χ1) is 12.4. The fraction of sp³-hybridized carbons (Fsp3) is 0.438.